The van der Waals surface area contributed by atoms with Crippen LogP contribution in [0.15, 0.2) is 54.6 Å². The average molecular weight is 310 g/mol. The van der Waals surface area contributed by atoms with Crippen LogP contribution in [0, 0.1) is 0 Å². The van der Waals surface area contributed by atoms with Crippen molar-refractivity contribution in [3.8, 4) is 5.75 Å². The summed E-state index contributed by atoms with van der Waals surface area (Å²) >= 11 is 0. The molecule has 1 saturated heterocycles. The first-order chi connectivity index (χ1) is 11.1. The average Bonchev–Trinajstić information content (AvgIpc) is 2.89. The minimum Gasteiger partial charge on any atom is -0.497 e. The van der Waals surface area contributed by atoms with Gasteiger partial charge in [0.05, 0.1) is 19.2 Å². The van der Waals surface area contributed by atoms with E-state index >= 15 is 0 Å². The number of likely N-dealkylation sites (N-methyl/N-ethyl adjacent to an activating group) is 1. The highest BCUT2D eigenvalue weighted by Crippen LogP contribution is 2.28. The molecule has 0 N–H and O–H groups in total. The summed E-state index contributed by atoms with van der Waals surface area (Å²) in [7, 11) is 3.41. The number of anilines is 2. The number of imide groups is 1. The number of hydrogen-bond donors (Lipinski definition) is 0. The highest BCUT2D eigenvalue weighted by Gasteiger charge is 2.41. The minimum absolute atomic E-state index is 0.177. The molecular formula is C18H18N2O3. The van der Waals surface area contributed by atoms with Crippen LogP contribution in [0.3, 0.4) is 0 Å². The van der Waals surface area contributed by atoms with Crippen molar-refractivity contribution in [3.05, 3.63) is 54.6 Å². The van der Waals surface area contributed by atoms with Crippen LogP contribution in [-0.2, 0) is 9.59 Å². The molecule has 23 heavy (non-hydrogen) atoms. The number of carbonyl (C=O) groups is 2. The van der Waals surface area contributed by atoms with Crippen LogP contribution in [-0.4, -0.2) is 32.0 Å². The predicted molar refractivity (Wildman–Crippen MR) is 88.7 cm³/mol. The van der Waals surface area contributed by atoms with Crippen LogP contribution in [0.2, 0.25) is 0 Å². The van der Waals surface area contributed by atoms with Crippen LogP contribution in [0.5, 0.6) is 5.75 Å². The summed E-state index contributed by atoms with van der Waals surface area (Å²) in [5, 5.41) is 0. The van der Waals surface area contributed by atoms with Crippen LogP contribution < -0.4 is 14.5 Å². The number of nitrogens with zero attached hydrogens (tertiary/aromatic N) is 2. The second kappa shape index (κ2) is 6.12. The van der Waals surface area contributed by atoms with Gasteiger partial charge in [0.15, 0.2) is 0 Å². The Morgan fingerprint density at radius 1 is 1.04 bits per heavy atom. The first-order valence-corrected chi connectivity index (χ1v) is 7.40. The molecule has 5 nitrogen and oxygen atoms in total. The number of ether oxygens (including phenoxy) is 1. The Labute approximate surface area is 135 Å². The standard InChI is InChI=1S/C18H18N2O3/c1-19(13-6-4-3-5-7-13)16-12-17(21)20(18(16)22)14-8-10-15(23-2)11-9-14/h3-11,16H,12H2,1-2H3. The number of hydrogen-bond acceptors (Lipinski definition) is 4. The summed E-state index contributed by atoms with van der Waals surface area (Å²) in [5.74, 6) is 0.297. The fourth-order valence-electron chi connectivity index (χ4n) is 2.76. The van der Waals surface area contributed by atoms with E-state index in [2.05, 4.69) is 0 Å². The molecule has 0 radical (unpaired) electrons. The summed E-state index contributed by atoms with van der Waals surface area (Å²) in [5.41, 5.74) is 1.49. The van der Waals surface area contributed by atoms with E-state index in [-0.39, 0.29) is 18.2 Å². The zero-order valence-electron chi connectivity index (χ0n) is 13.1. The Kier molecular flexibility index (Phi) is 4.02. The predicted octanol–water partition coefficient (Wildman–Crippen LogP) is 2.46. The van der Waals surface area contributed by atoms with Crippen molar-refractivity contribution in [2.45, 2.75) is 12.5 Å². The van der Waals surface area contributed by atoms with Crippen LogP contribution in [0.4, 0.5) is 11.4 Å². The molecule has 0 saturated carbocycles. The molecule has 1 aliphatic heterocycles. The molecule has 2 amide bonds. The molecule has 118 valence electrons. The van der Waals surface area contributed by atoms with Crippen molar-refractivity contribution in [1.82, 2.24) is 0 Å². The maximum Gasteiger partial charge on any atom is 0.256 e. The molecule has 0 aliphatic carbocycles. The second-order valence-corrected chi connectivity index (χ2v) is 5.43. The molecule has 1 heterocycles. The molecule has 5 heteroatoms. The van der Waals surface area contributed by atoms with Gasteiger partial charge in [0.25, 0.3) is 5.91 Å². The van der Waals surface area contributed by atoms with Gasteiger partial charge in [0.1, 0.15) is 11.8 Å². The normalized spacial score (nSPS) is 17.5. The van der Waals surface area contributed by atoms with Gasteiger partial charge in [-0.3, -0.25) is 9.59 Å². The Balaban J connectivity index is 1.84. The van der Waals surface area contributed by atoms with Gasteiger partial charge < -0.3 is 9.64 Å². The Morgan fingerprint density at radius 3 is 2.30 bits per heavy atom. The van der Waals surface area contributed by atoms with Gasteiger partial charge in [-0.1, -0.05) is 18.2 Å². The highest BCUT2D eigenvalue weighted by atomic mass is 16.5. The Hall–Kier alpha value is -2.82. The van der Waals surface area contributed by atoms with Gasteiger partial charge in [-0.15, -0.1) is 0 Å². The summed E-state index contributed by atoms with van der Waals surface area (Å²) in [6.45, 7) is 0. The van der Waals surface area contributed by atoms with Crippen molar-refractivity contribution in [2.75, 3.05) is 24.0 Å². The Bertz CT molecular complexity index is 713. The van der Waals surface area contributed by atoms with Crippen molar-refractivity contribution < 1.29 is 14.3 Å². The topological polar surface area (TPSA) is 49.9 Å². The third kappa shape index (κ3) is 2.77. The van der Waals surface area contributed by atoms with Crippen LogP contribution >= 0.6 is 0 Å². The van der Waals surface area contributed by atoms with E-state index in [0.717, 1.165) is 5.69 Å². The van der Waals surface area contributed by atoms with Gasteiger partial charge in [0, 0.05) is 12.7 Å². The maximum absolute atomic E-state index is 12.7. The Morgan fingerprint density at radius 2 is 1.70 bits per heavy atom. The number of carbonyl (C=O) groups excluding carboxylic acids is 2. The summed E-state index contributed by atoms with van der Waals surface area (Å²) < 4.78 is 5.11. The molecule has 0 bridgehead atoms. The molecule has 1 atom stereocenters. The lowest BCUT2D eigenvalue weighted by Gasteiger charge is -2.25. The smallest absolute Gasteiger partial charge is 0.256 e. The molecule has 2 aromatic rings. The maximum atomic E-state index is 12.7. The van der Waals surface area contributed by atoms with Crippen molar-refractivity contribution >= 4 is 23.2 Å². The SMILES string of the molecule is COc1ccc(N2C(=O)CC(N(C)c3ccccc3)C2=O)cc1. The fraction of sp³-hybridized carbons (Fsp3) is 0.222. The van der Waals surface area contributed by atoms with Crippen molar-refractivity contribution in [3.63, 3.8) is 0 Å². The number of rotatable bonds is 4. The summed E-state index contributed by atoms with van der Waals surface area (Å²) in [4.78, 5) is 28.2. The monoisotopic (exact) mass is 310 g/mol. The lowest BCUT2D eigenvalue weighted by Crippen LogP contribution is -2.40. The third-order valence-corrected chi connectivity index (χ3v) is 4.08. The van der Waals surface area contributed by atoms with Crippen molar-refractivity contribution in [1.29, 1.82) is 0 Å². The fourth-order valence-corrected chi connectivity index (χ4v) is 2.76. The third-order valence-electron chi connectivity index (χ3n) is 4.08. The first-order valence-electron chi connectivity index (χ1n) is 7.40. The van der Waals surface area contributed by atoms with E-state index in [1.807, 2.05) is 42.3 Å². The minimum atomic E-state index is -0.480. The number of amides is 2. The zero-order chi connectivity index (χ0) is 16.4. The van der Waals surface area contributed by atoms with Crippen LogP contribution in [0.1, 0.15) is 6.42 Å². The molecule has 0 spiro atoms. The lowest BCUT2D eigenvalue weighted by atomic mass is 10.2. The zero-order valence-corrected chi connectivity index (χ0v) is 13.1. The van der Waals surface area contributed by atoms with Crippen molar-refractivity contribution in [2.24, 2.45) is 0 Å². The van der Waals surface area contributed by atoms with Gasteiger partial charge in [-0.2, -0.15) is 0 Å². The van der Waals surface area contributed by atoms with Gasteiger partial charge in [0.2, 0.25) is 5.91 Å². The largest absolute Gasteiger partial charge is 0.497 e. The molecule has 1 aliphatic rings. The molecule has 1 fully saturated rings. The van der Waals surface area contributed by atoms with E-state index in [4.69, 9.17) is 4.74 Å². The molecule has 1 unspecified atom stereocenters. The highest BCUT2D eigenvalue weighted by molar-refractivity contribution is 6.23. The van der Waals surface area contributed by atoms with Gasteiger partial charge in [-0.25, -0.2) is 4.90 Å². The van der Waals surface area contributed by atoms with Crippen LogP contribution in [0.25, 0.3) is 0 Å². The molecule has 2 aromatic carbocycles. The van der Waals surface area contributed by atoms with Gasteiger partial charge >= 0.3 is 0 Å². The second-order valence-electron chi connectivity index (χ2n) is 5.43. The number of para-hydroxylation sites is 1. The van der Waals surface area contributed by atoms with Gasteiger partial charge in [-0.05, 0) is 36.4 Å². The summed E-state index contributed by atoms with van der Waals surface area (Å²) in [6, 6.07) is 16.0. The van der Waals surface area contributed by atoms with E-state index in [1.54, 1.807) is 31.4 Å². The lowest BCUT2D eigenvalue weighted by molar-refractivity contribution is -0.121. The summed E-state index contributed by atoms with van der Waals surface area (Å²) in [6.07, 6.45) is 0.177. The number of benzene rings is 2. The van der Waals surface area contributed by atoms with E-state index in [9.17, 15) is 9.59 Å². The molecule has 3 rings (SSSR count). The van der Waals surface area contributed by atoms with E-state index < -0.39 is 6.04 Å². The quantitative estimate of drug-likeness (QED) is 0.814. The molecule has 0 aromatic heterocycles. The molecular weight excluding hydrogens is 292 g/mol. The van der Waals surface area contributed by atoms with E-state index in [0.29, 0.717) is 11.4 Å². The van der Waals surface area contributed by atoms with E-state index in [1.165, 1.54) is 4.90 Å². The first kappa shape index (κ1) is 15.1. The number of methoxy groups -OCH3 is 1.